The topological polar surface area (TPSA) is 191 Å². The van der Waals surface area contributed by atoms with Gasteiger partial charge < -0.3 is 31.1 Å². The second-order valence-electron chi connectivity index (χ2n) is 14.1. The average molecular weight is 682 g/mol. The van der Waals surface area contributed by atoms with Gasteiger partial charge in [0.2, 0.25) is 5.91 Å². The highest BCUT2D eigenvalue weighted by Crippen LogP contribution is 2.59. The largest absolute Gasteiger partial charge is 0.478 e. The number of fused-ring (bicyclic) bond motifs is 1. The number of hydrogen-bond donors (Lipinski definition) is 6. The zero-order chi connectivity index (χ0) is 35.2. The molecule has 13 heteroatoms. The lowest BCUT2D eigenvalue weighted by atomic mass is 9.49. The smallest absolute Gasteiger partial charge is 0.335 e. The zero-order valence-corrected chi connectivity index (χ0v) is 27.0. The summed E-state index contributed by atoms with van der Waals surface area (Å²) in [6, 6.07) is 11.7. The van der Waals surface area contributed by atoms with Crippen LogP contribution in [0.1, 0.15) is 91.4 Å². The van der Waals surface area contributed by atoms with Crippen molar-refractivity contribution in [3.63, 3.8) is 0 Å². The maximum atomic E-state index is 15.1. The Balaban J connectivity index is 1.12. The van der Waals surface area contributed by atoms with Gasteiger partial charge >= 0.3 is 11.9 Å². The number of rotatable bonds is 11. The fourth-order valence-electron chi connectivity index (χ4n) is 8.79. The van der Waals surface area contributed by atoms with Crippen LogP contribution in [0, 0.1) is 29.0 Å². The molecule has 50 heavy (non-hydrogen) atoms. The Morgan fingerprint density at radius 1 is 0.840 bits per heavy atom. The molecule has 0 spiro atoms. The van der Waals surface area contributed by atoms with E-state index in [2.05, 4.69) is 25.9 Å². The standard InChI is InChI=1S/C37H36FN5O7/c38-29-4-2-1-3-25(29)28(34(46)43-24-9-22(35(47)48)8-23(10-24)36(49)50)16-39-32(44)26-11-30-31(42-18-41-30)12-27(26)33(45)40-17-37-13-19-5-20(14-37)7-21(6-19)15-37/h1-4,8-12,18-21,28H,5-7,13-17H2,(H,39,44)(H,40,45)(H,41,42)(H,43,46)(H,47,48)(H,49,50). The number of carboxylic acid groups (broad SMARTS) is 2. The highest BCUT2D eigenvalue weighted by atomic mass is 19.1. The molecular formula is C37H36FN5O7. The van der Waals surface area contributed by atoms with Gasteiger partial charge in [0.25, 0.3) is 11.8 Å². The first-order chi connectivity index (χ1) is 24.0. The lowest BCUT2D eigenvalue weighted by Crippen LogP contribution is -2.51. The first kappa shape index (κ1) is 32.9. The van der Waals surface area contributed by atoms with Gasteiger partial charge in [-0.25, -0.2) is 19.0 Å². The zero-order valence-electron chi connectivity index (χ0n) is 27.0. The summed E-state index contributed by atoms with van der Waals surface area (Å²) in [7, 11) is 0. The van der Waals surface area contributed by atoms with Crippen LogP contribution in [0.4, 0.5) is 10.1 Å². The Hall–Kier alpha value is -5.59. The van der Waals surface area contributed by atoms with Gasteiger partial charge in [0.1, 0.15) is 5.82 Å². The van der Waals surface area contributed by atoms with Crippen LogP contribution in [0.5, 0.6) is 0 Å². The number of aromatic nitrogens is 2. The molecule has 8 rings (SSSR count). The van der Waals surface area contributed by atoms with Gasteiger partial charge in [-0.15, -0.1) is 0 Å². The van der Waals surface area contributed by atoms with Crippen molar-refractivity contribution in [2.75, 3.05) is 18.4 Å². The number of imidazole rings is 1. The molecule has 4 aliphatic carbocycles. The first-order valence-corrected chi connectivity index (χ1v) is 16.7. The normalized spacial score (nSPS) is 22.5. The molecule has 12 nitrogen and oxygen atoms in total. The molecular weight excluding hydrogens is 645 g/mol. The van der Waals surface area contributed by atoms with Crippen molar-refractivity contribution in [1.82, 2.24) is 20.6 Å². The molecule has 0 radical (unpaired) electrons. The first-order valence-electron chi connectivity index (χ1n) is 16.7. The third kappa shape index (κ3) is 6.55. The number of anilines is 1. The quantitative estimate of drug-likeness (QED) is 0.125. The highest BCUT2D eigenvalue weighted by molar-refractivity contribution is 6.10. The molecule has 1 atom stereocenters. The van der Waals surface area contributed by atoms with Crippen LogP contribution >= 0.6 is 0 Å². The summed E-state index contributed by atoms with van der Waals surface area (Å²) in [5.74, 6) is -4.67. The number of H-pyrrole nitrogens is 1. The minimum absolute atomic E-state index is 0.0283. The Morgan fingerprint density at radius 3 is 2.06 bits per heavy atom. The van der Waals surface area contributed by atoms with E-state index in [-0.39, 0.29) is 38.9 Å². The average Bonchev–Trinajstić information content (AvgIpc) is 3.54. The molecule has 4 aliphatic rings. The van der Waals surface area contributed by atoms with Crippen molar-refractivity contribution in [3.8, 4) is 0 Å². The van der Waals surface area contributed by atoms with Crippen molar-refractivity contribution in [3.05, 3.63) is 94.6 Å². The second-order valence-corrected chi connectivity index (χ2v) is 14.1. The number of carboxylic acids is 2. The van der Waals surface area contributed by atoms with E-state index in [4.69, 9.17) is 0 Å². The molecule has 3 aromatic carbocycles. The summed E-state index contributed by atoms with van der Waals surface area (Å²) in [4.78, 5) is 71.7. The number of hydrogen-bond acceptors (Lipinski definition) is 6. The molecule has 1 aromatic heterocycles. The fourth-order valence-corrected chi connectivity index (χ4v) is 8.79. The molecule has 4 aromatic rings. The van der Waals surface area contributed by atoms with E-state index in [0.717, 1.165) is 43.5 Å². The summed E-state index contributed by atoms with van der Waals surface area (Å²) in [6.45, 7) is 0.114. The number of benzene rings is 3. The van der Waals surface area contributed by atoms with Gasteiger partial charge in [-0.3, -0.25) is 14.4 Å². The summed E-state index contributed by atoms with van der Waals surface area (Å²) in [5, 5.41) is 27.2. The Labute approximate surface area is 285 Å². The van der Waals surface area contributed by atoms with Gasteiger partial charge in [0.05, 0.1) is 45.5 Å². The third-order valence-corrected chi connectivity index (χ3v) is 10.6. The molecule has 3 amide bonds. The van der Waals surface area contributed by atoms with Crippen molar-refractivity contribution in [1.29, 1.82) is 0 Å². The lowest BCUT2D eigenvalue weighted by molar-refractivity contribution is -0.117. The van der Waals surface area contributed by atoms with E-state index in [1.165, 1.54) is 49.9 Å². The number of carbonyl (C=O) groups is 5. The van der Waals surface area contributed by atoms with E-state index in [1.54, 1.807) is 6.07 Å². The molecule has 1 heterocycles. The van der Waals surface area contributed by atoms with Crippen LogP contribution in [0.25, 0.3) is 11.0 Å². The van der Waals surface area contributed by atoms with Gasteiger partial charge in [-0.2, -0.15) is 0 Å². The molecule has 6 N–H and O–H groups in total. The highest BCUT2D eigenvalue weighted by Gasteiger charge is 2.50. The summed E-state index contributed by atoms with van der Waals surface area (Å²) in [6.07, 6.45) is 8.59. The fraction of sp³-hybridized carbons (Fsp3) is 0.351. The molecule has 1 unspecified atom stereocenters. The van der Waals surface area contributed by atoms with Gasteiger partial charge in [0.15, 0.2) is 0 Å². The number of aromatic carboxylic acids is 2. The van der Waals surface area contributed by atoms with Crippen molar-refractivity contribution in [2.45, 2.75) is 44.4 Å². The maximum Gasteiger partial charge on any atom is 0.335 e. The third-order valence-electron chi connectivity index (χ3n) is 10.6. The summed E-state index contributed by atoms with van der Waals surface area (Å²) >= 11 is 0. The van der Waals surface area contributed by atoms with Crippen molar-refractivity contribution >= 4 is 46.4 Å². The number of halogens is 1. The minimum Gasteiger partial charge on any atom is -0.478 e. The van der Waals surface area contributed by atoms with Gasteiger partial charge in [-0.1, -0.05) is 18.2 Å². The number of aromatic amines is 1. The number of carbonyl (C=O) groups excluding carboxylic acids is 3. The van der Waals surface area contributed by atoms with Crippen LogP contribution in [0.15, 0.2) is 60.9 Å². The van der Waals surface area contributed by atoms with E-state index in [9.17, 15) is 34.2 Å². The van der Waals surface area contributed by atoms with E-state index in [0.29, 0.717) is 35.3 Å². The molecule has 0 saturated heterocycles. The predicted molar refractivity (Wildman–Crippen MR) is 179 cm³/mol. The molecule has 258 valence electrons. The Bertz CT molecular complexity index is 1970. The van der Waals surface area contributed by atoms with E-state index in [1.807, 2.05) is 0 Å². The number of nitrogens with zero attached hydrogens (tertiary/aromatic N) is 1. The van der Waals surface area contributed by atoms with Crippen LogP contribution in [-0.4, -0.2) is 62.9 Å². The monoisotopic (exact) mass is 681 g/mol. The van der Waals surface area contributed by atoms with E-state index >= 15 is 4.39 Å². The van der Waals surface area contributed by atoms with E-state index < -0.39 is 47.9 Å². The Morgan fingerprint density at radius 2 is 1.44 bits per heavy atom. The number of amides is 3. The van der Waals surface area contributed by atoms with Crippen molar-refractivity contribution in [2.24, 2.45) is 23.2 Å². The molecule has 4 fully saturated rings. The molecule has 0 aliphatic heterocycles. The van der Waals surface area contributed by atoms with Gasteiger partial charge in [0, 0.05) is 24.3 Å². The SMILES string of the molecule is O=C(O)c1cc(NC(=O)C(CNC(=O)c2cc3nc[nH]c3cc2C(=O)NCC23CC4CC(CC(C4)C2)C3)c2ccccc2F)cc(C(=O)O)c1. The van der Waals surface area contributed by atoms with Crippen LogP contribution < -0.4 is 16.0 Å². The Kier molecular flexibility index (Phi) is 8.58. The summed E-state index contributed by atoms with van der Waals surface area (Å²) < 4.78 is 15.1. The van der Waals surface area contributed by atoms with Crippen LogP contribution in [-0.2, 0) is 4.79 Å². The van der Waals surface area contributed by atoms with Crippen LogP contribution in [0.3, 0.4) is 0 Å². The van der Waals surface area contributed by atoms with Crippen molar-refractivity contribution < 1.29 is 38.6 Å². The van der Waals surface area contributed by atoms with Gasteiger partial charge in [-0.05, 0) is 98.1 Å². The lowest BCUT2D eigenvalue weighted by Gasteiger charge is -2.56. The summed E-state index contributed by atoms with van der Waals surface area (Å²) in [5.41, 5.74) is 0.288. The maximum absolute atomic E-state index is 15.1. The second kappa shape index (κ2) is 13.0. The molecule has 4 saturated carbocycles. The minimum atomic E-state index is -1.41. The predicted octanol–water partition coefficient (Wildman–Crippen LogP) is 5.20. The van der Waals surface area contributed by atoms with Crippen LogP contribution in [0.2, 0.25) is 0 Å². The number of nitrogens with one attached hydrogen (secondary N) is 4. The molecule has 4 bridgehead atoms.